The number of nitrogens with one attached hydrogen (secondary N) is 2. The molecule has 3 aromatic carbocycles. The van der Waals surface area contributed by atoms with Crippen molar-refractivity contribution in [2.24, 2.45) is 0 Å². The predicted octanol–water partition coefficient (Wildman–Crippen LogP) is 4.38. The molecule has 0 bridgehead atoms. The highest BCUT2D eigenvalue weighted by atomic mass is 35.5. The van der Waals surface area contributed by atoms with Crippen molar-refractivity contribution in [2.75, 3.05) is 13.2 Å². The van der Waals surface area contributed by atoms with Gasteiger partial charge in [-0.3, -0.25) is 14.4 Å². The highest BCUT2D eigenvalue weighted by molar-refractivity contribution is 6.33. The second kappa shape index (κ2) is 11.5. The van der Waals surface area contributed by atoms with Crippen LogP contribution in [0.2, 0.25) is 5.02 Å². The Bertz CT molecular complexity index is 1200. The van der Waals surface area contributed by atoms with Crippen LogP contribution < -0.4 is 15.4 Å². The van der Waals surface area contributed by atoms with Gasteiger partial charge >= 0.3 is 5.97 Å². The summed E-state index contributed by atoms with van der Waals surface area (Å²) < 4.78 is 10.8. The molecule has 1 aliphatic rings. The SMILES string of the molecule is O=C(COC(=O)CC(NC(=O)c1ccccc1Cl)c1ccccc1)NC1CCOc2ccccc21. The van der Waals surface area contributed by atoms with Crippen LogP contribution in [0.1, 0.15) is 46.4 Å². The molecule has 0 saturated heterocycles. The van der Waals surface area contributed by atoms with Crippen molar-refractivity contribution >= 4 is 29.4 Å². The zero-order valence-electron chi connectivity index (χ0n) is 18.9. The number of fused-ring (bicyclic) bond motifs is 1. The van der Waals surface area contributed by atoms with Crippen molar-refractivity contribution in [1.29, 1.82) is 0 Å². The summed E-state index contributed by atoms with van der Waals surface area (Å²) in [5.74, 6) is -0.688. The van der Waals surface area contributed by atoms with Crippen LogP contribution in [0.3, 0.4) is 0 Å². The Kier molecular flexibility index (Phi) is 8.00. The molecule has 0 aromatic heterocycles. The molecule has 0 aliphatic carbocycles. The summed E-state index contributed by atoms with van der Waals surface area (Å²) in [7, 11) is 0. The number of hydrogen-bond acceptors (Lipinski definition) is 5. The standard InChI is InChI=1S/C27H25ClN2O5/c28-21-12-6-4-10-19(21)27(33)30-23(18-8-2-1-3-9-18)16-26(32)35-17-25(31)29-22-14-15-34-24-13-7-5-11-20(22)24/h1-13,22-23H,14-17H2,(H,29,31)(H,30,33). The molecule has 0 fully saturated rings. The maximum absolute atomic E-state index is 12.8. The predicted molar refractivity (Wildman–Crippen MR) is 131 cm³/mol. The van der Waals surface area contributed by atoms with Gasteiger partial charge in [-0.25, -0.2) is 0 Å². The summed E-state index contributed by atoms with van der Waals surface area (Å²) in [6.45, 7) is 0.0734. The van der Waals surface area contributed by atoms with Crippen molar-refractivity contribution < 1.29 is 23.9 Å². The Labute approximate surface area is 208 Å². The molecule has 2 N–H and O–H groups in total. The summed E-state index contributed by atoms with van der Waals surface area (Å²) in [5.41, 5.74) is 1.93. The number of carbonyl (C=O) groups is 3. The van der Waals surface area contributed by atoms with Crippen molar-refractivity contribution in [3.63, 3.8) is 0 Å². The average Bonchev–Trinajstić information content (AvgIpc) is 2.88. The van der Waals surface area contributed by atoms with Crippen LogP contribution in [0.25, 0.3) is 0 Å². The van der Waals surface area contributed by atoms with Crippen LogP contribution in [0.15, 0.2) is 78.9 Å². The van der Waals surface area contributed by atoms with Crippen molar-refractivity contribution in [2.45, 2.75) is 24.9 Å². The van der Waals surface area contributed by atoms with Gasteiger partial charge in [-0.1, -0.05) is 72.3 Å². The number of benzene rings is 3. The van der Waals surface area contributed by atoms with E-state index in [0.717, 1.165) is 16.9 Å². The van der Waals surface area contributed by atoms with Crippen LogP contribution in [-0.4, -0.2) is 31.0 Å². The maximum atomic E-state index is 12.8. The van der Waals surface area contributed by atoms with E-state index in [1.165, 1.54) is 0 Å². The first-order valence-electron chi connectivity index (χ1n) is 11.3. The lowest BCUT2D eigenvalue weighted by Crippen LogP contribution is -2.35. The van der Waals surface area contributed by atoms with Crippen LogP contribution in [-0.2, 0) is 14.3 Å². The molecule has 2 amide bonds. The summed E-state index contributed by atoms with van der Waals surface area (Å²) in [5, 5.41) is 6.05. The van der Waals surface area contributed by atoms with E-state index in [2.05, 4.69) is 10.6 Å². The molecular weight excluding hydrogens is 468 g/mol. The topological polar surface area (TPSA) is 93.7 Å². The van der Waals surface area contributed by atoms with Gasteiger partial charge in [0.15, 0.2) is 6.61 Å². The molecule has 2 unspecified atom stereocenters. The van der Waals surface area contributed by atoms with Gasteiger partial charge in [0.25, 0.3) is 11.8 Å². The first-order valence-corrected chi connectivity index (χ1v) is 11.7. The Morgan fingerprint density at radius 3 is 2.49 bits per heavy atom. The van der Waals surface area contributed by atoms with E-state index in [-0.39, 0.29) is 12.5 Å². The fourth-order valence-electron chi connectivity index (χ4n) is 3.92. The quantitative estimate of drug-likeness (QED) is 0.455. The number of para-hydroxylation sites is 1. The molecule has 3 aromatic rings. The second-order valence-corrected chi connectivity index (χ2v) is 8.48. The third-order valence-electron chi connectivity index (χ3n) is 5.65. The number of ether oxygens (including phenoxy) is 2. The number of carbonyl (C=O) groups excluding carboxylic acids is 3. The van der Waals surface area contributed by atoms with Gasteiger partial charge in [-0.2, -0.15) is 0 Å². The Morgan fingerprint density at radius 1 is 0.971 bits per heavy atom. The lowest BCUT2D eigenvalue weighted by atomic mass is 10.0. The largest absolute Gasteiger partial charge is 0.493 e. The minimum absolute atomic E-state index is 0.145. The molecule has 7 nitrogen and oxygen atoms in total. The number of esters is 1. The van der Waals surface area contributed by atoms with Gasteiger partial charge in [-0.15, -0.1) is 0 Å². The first kappa shape index (κ1) is 24.3. The number of hydrogen-bond donors (Lipinski definition) is 2. The Hall–Kier alpha value is -3.84. The molecule has 0 saturated carbocycles. The van der Waals surface area contributed by atoms with Gasteiger partial charge in [0.2, 0.25) is 0 Å². The van der Waals surface area contributed by atoms with Crippen molar-refractivity contribution in [1.82, 2.24) is 10.6 Å². The van der Waals surface area contributed by atoms with Gasteiger partial charge in [-0.05, 0) is 23.8 Å². The third kappa shape index (κ3) is 6.39. The summed E-state index contributed by atoms with van der Waals surface area (Å²) in [6.07, 6.45) is 0.481. The molecule has 4 rings (SSSR count). The third-order valence-corrected chi connectivity index (χ3v) is 5.98. The zero-order valence-corrected chi connectivity index (χ0v) is 19.7. The minimum Gasteiger partial charge on any atom is -0.493 e. The van der Waals surface area contributed by atoms with Gasteiger partial charge < -0.3 is 20.1 Å². The van der Waals surface area contributed by atoms with Gasteiger partial charge in [0.1, 0.15) is 5.75 Å². The summed E-state index contributed by atoms with van der Waals surface area (Å²) in [6, 6.07) is 22.4. The zero-order chi connectivity index (χ0) is 24.6. The highest BCUT2D eigenvalue weighted by Gasteiger charge is 2.24. The number of rotatable bonds is 8. The van der Waals surface area contributed by atoms with Crippen LogP contribution >= 0.6 is 11.6 Å². The lowest BCUT2D eigenvalue weighted by Gasteiger charge is -2.26. The minimum atomic E-state index is -0.655. The van der Waals surface area contributed by atoms with Crippen LogP contribution in [0.5, 0.6) is 5.75 Å². The van der Waals surface area contributed by atoms with E-state index in [1.54, 1.807) is 36.4 Å². The number of amides is 2. The molecular formula is C27H25ClN2O5. The molecule has 0 radical (unpaired) electrons. The van der Waals surface area contributed by atoms with E-state index in [4.69, 9.17) is 21.1 Å². The second-order valence-electron chi connectivity index (χ2n) is 8.08. The molecule has 180 valence electrons. The smallest absolute Gasteiger partial charge is 0.308 e. The van der Waals surface area contributed by atoms with E-state index in [9.17, 15) is 14.4 Å². The Balaban J connectivity index is 1.35. The summed E-state index contributed by atoms with van der Waals surface area (Å²) in [4.78, 5) is 37.9. The van der Waals surface area contributed by atoms with Crippen molar-refractivity contribution in [3.05, 3.63) is 101 Å². The molecule has 35 heavy (non-hydrogen) atoms. The van der Waals surface area contributed by atoms with E-state index in [0.29, 0.717) is 23.6 Å². The fraction of sp³-hybridized carbons (Fsp3) is 0.222. The maximum Gasteiger partial charge on any atom is 0.308 e. The average molecular weight is 493 g/mol. The Morgan fingerprint density at radius 2 is 1.69 bits per heavy atom. The van der Waals surface area contributed by atoms with E-state index in [1.807, 2.05) is 42.5 Å². The lowest BCUT2D eigenvalue weighted by molar-refractivity contribution is -0.149. The summed E-state index contributed by atoms with van der Waals surface area (Å²) >= 11 is 6.15. The monoisotopic (exact) mass is 492 g/mol. The number of halogens is 1. The normalized spacial score (nSPS) is 15.2. The van der Waals surface area contributed by atoms with Crippen LogP contribution in [0.4, 0.5) is 0 Å². The van der Waals surface area contributed by atoms with Gasteiger partial charge in [0, 0.05) is 12.0 Å². The van der Waals surface area contributed by atoms with E-state index >= 15 is 0 Å². The molecule has 0 spiro atoms. The van der Waals surface area contributed by atoms with E-state index < -0.39 is 30.4 Å². The van der Waals surface area contributed by atoms with Gasteiger partial charge in [0.05, 0.1) is 35.7 Å². The first-order chi connectivity index (χ1) is 17.0. The molecule has 1 heterocycles. The molecule has 1 aliphatic heterocycles. The molecule has 2 atom stereocenters. The van der Waals surface area contributed by atoms with Crippen molar-refractivity contribution in [3.8, 4) is 5.75 Å². The highest BCUT2D eigenvalue weighted by Crippen LogP contribution is 2.31. The fourth-order valence-corrected chi connectivity index (χ4v) is 4.14. The van der Waals surface area contributed by atoms with Crippen LogP contribution in [0, 0.1) is 0 Å². The molecule has 8 heteroatoms.